The van der Waals surface area contributed by atoms with Gasteiger partial charge in [-0.3, -0.25) is 10.1 Å². The largest absolute Gasteiger partial charge is 0.452 e. The van der Waals surface area contributed by atoms with Crippen LogP contribution in [0.25, 0.3) is 0 Å². The number of aromatic nitrogens is 10. The Bertz CT molecular complexity index is 820. The van der Waals surface area contributed by atoms with Gasteiger partial charge in [0.2, 0.25) is 0 Å². The molecule has 0 spiro atoms. The van der Waals surface area contributed by atoms with Crippen molar-refractivity contribution in [3.05, 3.63) is 160 Å². The zero-order valence-electron chi connectivity index (χ0n) is 21.3. The summed E-state index contributed by atoms with van der Waals surface area (Å²) in [5.41, 5.74) is 1.79. The van der Waals surface area contributed by atoms with Crippen molar-refractivity contribution in [2.45, 2.75) is 0 Å². The van der Waals surface area contributed by atoms with E-state index >= 15 is 0 Å². The van der Waals surface area contributed by atoms with E-state index in [0.29, 0.717) is 0 Å². The van der Waals surface area contributed by atoms with Gasteiger partial charge in [-0.1, -0.05) is 0 Å². The predicted molar refractivity (Wildman–Crippen MR) is 150 cm³/mol. The van der Waals surface area contributed by atoms with Gasteiger partial charge in [0.05, 0.1) is 30.4 Å². The van der Waals surface area contributed by atoms with Gasteiger partial charge in [-0.25, -0.2) is 19.9 Å². The minimum atomic E-state index is 1.38. The summed E-state index contributed by atoms with van der Waals surface area (Å²) in [5.74, 6) is 0. The smallest absolute Gasteiger partial charge is 0.180 e. The summed E-state index contributed by atoms with van der Waals surface area (Å²) in [6.45, 7) is 0. The zero-order chi connectivity index (χ0) is 28.3. The van der Waals surface area contributed by atoms with Gasteiger partial charge in [-0.05, 0) is 30.3 Å². The van der Waals surface area contributed by atoms with Crippen LogP contribution >= 0.6 is 11.3 Å². The Kier molecular flexibility index (Phi) is 23.8. The highest BCUT2D eigenvalue weighted by molar-refractivity contribution is 7.07. The molecule has 0 atom stereocenters. The molecule has 0 saturated carbocycles. The molecule has 0 amide bonds. The fourth-order valence-corrected chi connectivity index (χ4v) is 2.04. The molecule has 208 valence electrons. The highest BCUT2D eigenvalue weighted by Crippen LogP contribution is 1.86. The summed E-state index contributed by atoms with van der Waals surface area (Å²) in [4.78, 5) is 26.5. The number of rotatable bonds is 0. The first kappa shape index (κ1) is 32.3. The van der Waals surface area contributed by atoms with Crippen molar-refractivity contribution in [2.75, 3.05) is 0 Å². The van der Waals surface area contributed by atoms with Gasteiger partial charge in [0.1, 0.15) is 18.8 Å². The highest BCUT2D eigenvalue weighted by Gasteiger charge is 1.61. The maximum absolute atomic E-state index is 4.47. The first-order chi connectivity index (χ1) is 20.0. The van der Waals surface area contributed by atoms with Gasteiger partial charge in [-0.2, -0.15) is 5.10 Å². The van der Waals surface area contributed by atoms with Gasteiger partial charge < -0.3 is 28.2 Å². The van der Waals surface area contributed by atoms with Gasteiger partial charge in [0.25, 0.3) is 0 Å². The number of thiazole rings is 1. The molecule has 8 aromatic rings. The SMILES string of the molecule is c1c[nH]cn1.c1cc[nH]c1.c1cc[nH]c1.c1cn[nH]c1.c1cocn1.c1cocn1.c1cocn1.c1cscn1. The van der Waals surface area contributed by atoms with Crippen LogP contribution in [0.4, 0.5) is 0 Å². The molecule has 0 bridgehead atoms. The molecule has 8 aromatic heterocycles. The van der Waals surface area contributed by atoms with E-state index in [1.807, 2.05) is 60.5 Å². The van der Waals surface area contributed by atoms with E-state index < -0.39 is 0 Å². The number of hydrogen-bond acceptors (Lipinski definition) is 10. The van der Waals surface area contributed by atoms with Crippen molar-refractivity contribution in [1.29, 1.82) is 0 Å². The monoisotopic (exact) mass is 562 g/mol. The average Bonchev–Trinajstić information content (AvgIpc) is 3.95. The fourth-order valence-electron chi connectivity index (χ4n) is 1.69. The minimum absolute atomic E-state index is 1.38. The normalized spacial score (nSPS) is 8.00. The van der Waals surface area contributed by atoms with Gasteiger partial charge in [-0.15, -0.1) is 11.3 Å². The Hall–Kier alpha value is -5.76. The zero-order valence-corrected chi connectivity index (χ0v) is 22.1. The van der Waals surface area contributed by atoms with Crippen LogP contribution in [0.15, 0.2) is 173 Å². The van der Waals surface area contributed by atoms with E-state index in [9.17, 15) is 0 Å². The molecule has 40 heavy (non-hydrogen) atoms. The number of nitrogens with one attached hydrogen (secondary N) is 4. The van der Waals surface area contributed by atoms with E-state index in [-0.39, 0.29) is 0 Å². The molecule has 0 aromatic carbocycles. The summed E-state index contributed by atoms with van der Waals surface area (Å²) in [6.07, 6.45) is 31.2. The van der Waals surface area contributed by atoms with Crippen LogP contribution in [-0.4, -0.2) is 50.1 Å². The minimum Gasteiger partial charge on any atom is -0.452 e. The molecule has 0 fully saturated rings. The number of hydrogen-bond donors (Lipinski definition) is 4. The third kappa shape index (κ3) is 26.8. The van der Waals surface area contributed by atoms with Crippen molar-refractivity contribution in [3.63, 3.8) is 0 Å². The summed E-state index contributed by atoms with van der Waals surface area (Å²) < 4.78 is 13.4. The van der Waals surface area contributed by atoms with Crippen LogP contribution in [0.2, 0.25) is 0 Å². The molecular formula is C26H30N10O3S. The summed E-state index contributed by atoms with van der Waals surface area (Å²) in [5, 5.41) is 8.14. The van der Waals surface area contributed by atoms with Gasteiger partial charge in [0, 0.05) is 61.2 Å². The van der Waals surface area contributed by atoms with Crippen LogP contribution in [0.1, 0.15) is 0 Å². The third-order valence-electron chi connectivity index (χ3n) is 3.19. The van der Waals surface area contributed by atoms with E-state index in [2.05, 4.69) is 63.3 Å². The van der Waals surface area contributed by atoms with Gasteiger partial charge >= 0.3 is 0 Å². The van der Waals surface area contributed by atoms with E-state index in [4.69, 9.17) is 0 Å². The average molecular weight is 563 g/mol. The molecule has 8 rings (SSSR count). The summed E-state index contributed by atoms with van der Waals surface area (Å²) in [7, 11) is 0. The Morgan fingerprint density at radius 3 is 1.18 bits per heavy atom. The van der Waals surface area contributed by atoms with Crippen LogP contribution < -0.4 is 0 Å². The topological polar surface area (TPSA) is 180 Å². The summed E-state index contributed by atoms with van der Waals surface area (Å²) in [6, 6.07) is 9.61. The standard InChI is InChI=1S/2C4H5N.2C3H4N2.3C3H3NO.C3H3NS/c2*1-2-4-5-3-1;1-2-5-3-4-1;1-2-4-5-3-1;4*1-2-5-3-4-1/h2*1-5H;2*1-3H,(H,4,5);4*1-3H. The molecule has 0 saturated heterocycles. The van der Waals surface area contributed by atoms with Crippen molar-refractivity contribution in [1.82, 2.24) is 50.1 Å². The molecule has 0 radical (unpaired) electrons. The van der Waals surface area contributed by atoms with Crippen LogP contribution in [-0.2, 0) is 0 Å². The summed E-state index contributed by atoms with van der Waals surface area (Å²) >= 11 is 1.60. The number of oxazole rings is 3. The molecule has 0 unspecified atom stereocenters. The van der Waals surface area contributed by atoms with E-state index in [1.165, 1.54) is 38.0 Å². The Morgan fingerprint density at radius 2 is 1.05 bits per heavy atom. The van der Waals surface area contributed by atoms with Crippen molar-refractivity contribution in [3.8, 4) is 0 Å². The molecule has 0 aliphatic rings. The molecule has 8 heterocycles. The first-order valence-corrected chi connectivity index (χ1v) is 12.2. The molecule has 0 aliphatic carbocycles. The van der Waals surface area contributed by atoms with Crippen LogP contribution in [0.3, 0.4) is 0 Å². The lowest BCUT2D eigenvalue weighted by molar-refractivity contribution is 0.557. The van der Waals surface area contributed by atoms with Crippen molar-refractivity contribution >= 4 is 11.3 Å². The second-order valence-corrected chi connectivity index (χ2v) is 6.75. The third-order valence-corrected chi connectivity index (χ3v) is 3.71. The molecule has 4 N–H and O–H groups in total. The molecule has 13 nitrogen and oxygen atoms in total. The maximum atomic E-state index is 4.47. The molecular weight excluding hydrogens is 532 g/mol. The fraction of sp³-hybridized carbons (Fsp3) is 0. The first-order valence-electron chi connectivity index (χ1n) is 11.3. The van der Waals surface area contributed by atoms with Crippen LogP contribution in [0.5, 0.6) is 0 Å². The Morgan fingerprint density at radius 1 is 0.475 bits per heavy atom. The highest BCUT2D eigenvalue weighted by atomic mass is 32.1. The maximum Gasteiger partial charge on any atom is 0.180 e. The second-order valence-electron chi connectivity index (χ2n) is 6.00. The number of imidazole rings is 1. The van der Waals surface area contributed by atoms with E-state index in [1.54, 1.807) is 72.7 Å². The number of H-pyrrole nitrogens is 4. The van der Waals surface area contributed by atoms with Crippen molar-refractivity contribution in [2.24, 2.45) is 0 Å². The lowest BCUT2D eigenvalue weighted by Crippen LogP contribution is -1.53. The number of aromatic amines is 4. The Balaban J connectivity index is 0.000000229. The Labute approximate surface area is 234 Å². The second kappa shape index (κ2) is 29.5. The van der Waals surface area contributed by atoms with E-state index in [0.717, 1.165) is 0 Å². The predicted octanol–water partition coefficient (Wildman–Crippen LogP) is 6.02. The van der Waals surface area contributed by atoms with Crippen molar-refractivity contribution < 1.29 is 13.3 Å². The lowest BCUT2D eigenvalue weighted by Gasteiger charge is -1.49. The quantitative estimate of drug-likeness (QED) is 0.172. The van der Waals surface area contributed by atoms with Gasteiger partial charge in [0.15, 0.2) is 19.2 Å². The molecule has 0 aliphatic heterocycles. The molecule has 14 heteroatoms. The lowest BCUT2D eigenvalue weighted by atomic mass is 10.7. The number of nitrogens with zero attached hydrogens (tertiary/aromatic N) is 6. The van der Waals surface area contributed by atoms with Crippen LogP contribution in [0, 0.1) is 0 Å².